The van der Waals surface area contributed by atoms with Crippen LogP contribution >= 0.6 is 23.5 Å². The van der Waals surface area contributed by atoms with Crippen molar-refractivity contribution in [2.24, 2.45) is 0 Å². The Kier molecular flexibility index (Phi) is 5.24. The van der Waals surface area contributed by atoms with E-state index in [-0.39, 0.29) is 23.8 Å². The van der Waals surface area contributed by atoms with Crippen LogP contribution in [-0.4, -0.2) is 33.2 Å². The number of benzene rings is 2. The third kappa shape index (κ3) is 3.51. The molecule has 156 valence electrons. The minimum atomic E-state index is -0.567. The van der Waals surface area contributed by atoms with Crippen LogP contribution in [0.25, 0.3) is 16.7 Å². The van der Waals surface area contributed by atoms with E-state index in [1.165, 1.54) is 27.2 Å². The second-order valence-corrected chi connectivity index (χ2v) is 10.1. The highest BCUT2D eigenvalue weighted by Gasteiger charge is 2.37. The molecule has 5 rings (SSSR count). The molecule has 3 aliphatic rings. The molecule has 1 fully saturated rings. The zero-order chi connectivity index (χ0) is 21.5. The van der Waals surface area contributed by atoms with Crippen LogP contribution in [0.3, 0.4) is 0 Å². The number of imide groups is 1. The van der Waals surface area contributed by atoms with Crippen LogP contribution in [0.5, 0.6) is 0 Å². The Morgan fingerprint density at radius 3 is 2.42 bits per heavy atom. The number of carbonyl (C=O) groups excluding carboxylic acids is 3. The van der Waals surface area contributed by atoms with Crippen molar-refractivity contribution in [3.63, 3.8) is 0 Å². The van der Waals surface area contributed by atoms with Crippen molar-refractivity contribution in [2.75, 3.05) is 5.75 Å². The summed E-state index contributed by atoms with van der Waals surface area (Å²) in [5.41, 5.74) is 7.01. The number of fused-ring (bicyclic) bond motifs is 4. The first-order chi connectivity index (χ1) is 15.0. The quantitative estimate of drug-likeness (QED) is 0.612. The number of nitrogens with zero attached hydrogens (tertiary/aromatic N) is 1. The van der Waals surface area contributed by atoms with Gasteiger partial charge in [0.2, 0.25) is 0 Å². The number of hydrogen-bond acceptors (Lipinski definition) is 6. The van der Waals surface area contributed by atoms with Gasteiger partial charge in [0.1, 0.15) is 0 Å². The Hall–Kier alpha value is -2.77. The molecule has 1 atom stereocenters. The molecule has 2 aliphatic heterocycles. The Morgan fingerprint density at radius 2 is 1.68 bits per heavy atom. The van der Waals surface area contributed by atoms with Crippen molar-refractivity contribution in [1.82, 2.24) is 5.06 Å². The summed E-state index contributed by atoms with van der Waals surface area (Å²) in [5, 5.41) is 0.608. The van der Waals surface area contributed by atoms with Gasteiger partial charge in [-0.3, -0.25) is 9.59 Å². The number of amides is 2. The van der Waals surface area contributed by atoms with Crippen LogP contribution in [0.2, 0.25) is 0 Å². The molecule has 0 bridgehead atoms. The van der Waals surface area contributed by atoms with Gasteiger partial charge in [-0.15, -0.1) is 28.6 Å². The van der Waals surface area contributed by atoms with Crippen LogP contribution in [-0.2, 0) is 19.2 Å². The minimum absolute atomic E-state index is 0.0964. The average Bonchev–Trinajstić information content (AvgIpc) is 3.26. The van der Waals surface area contributed by atoms with E-state index in [1.54, 1.807) is 23.5 Å². The van der Waals surface area contributed by atoms with Crippen LogP contribution in [0, 0.1) is 0 Å². The number of rotatable bonds is 5. The van der Waals surface area contributed by atoms with Gasteiger partial charge >= 0.3 is 5.97 Å². The third-order valence-corrected chi connectivity index (χ3v) is 8.25. The van der Waals surface area contributed by atoms with Crippen molar-refractivity contribution >= 4 is 58.0 Å². The summed E-state index contributed by atoms with van der Waals surface area (Å²) >= 11 is 3.44. The lowest BCUT2D eigenvalue weighted by Crippen LogP contribution is -2.32. The summed E-state index contributed by atoms with van der Waals surface area (Å²) in [6, 6.07) is 16.6. The minimum Gasteiger partial charge on any atom is -0.330 e. The van der Waals surface area contributed by atoms with Crippen molar-refractivity contribution in [3.05, 3.63) is 71.8 Å². The molecule has 1 aliphatic carbocycles. The van der Waals surface area contributed by atoms with Gasteiger partial charge < -0.3 is 4.84 Å². The van der Waals surface area contributed by atoms with Gasteiger partial charge in [0.15, 0.2) is 0 Å². The molecule has 2 aromatic carbocycles. The predicted molar refractivity (Wildman–Crippen MR) is 123 cm³/mol. The zero-order valence-corrected chi connectivity index (χ0v) is 18.3. The smallest absolute Gasteiger partial charge is 0.330 e. The lowest BCUT2D eigenvalue weighted by atomic mass is 9.97. The highest BCUT2D eigenvalue weighted by atomic mass is 32.2. The molecule has 0 saturated carbocycles. The maximum atomic E-state index is 12.2. The molecule has 0 N–H and O–H groups in total. The molecule has 1 unspecified atom stereocenters. The highest BCUT2D eigenvalue weighted by molar-refractivity contribution is 8.17. The second kappa shape index (κ2) is 8.05. The maximum Gasteiger partial charge on any atom is 0.334 e. The van der Waals surface area contributed by atoms with Gasteiger partial charge in [0.05, 0.1) is 11.0 Å². The van der Waals surface area contributed by atoms with Gasteiger partial charge in [-0.1, -0.05) is 49.0 Å². The van der Waals surface area contributed by atoms with Crippen molar-refractivity contribution < 1.29 is 19.2 Å². The third-order valence-electron chi connectivity index (χ3n) is 5.51. The molecule has 0 aromatic heterocycles. The second-order valence-electron chi connectivity index (χ2n) is 7.42. The first-order valence-electron chi connectivity index (χ1n) is 10.0. The molecule has 0 radical (unpaired) electrons. The van der Waals surface area contributed by atoms with E-state index in [0.717, 1.165) is 11.1 Å². The molecule has 2 aromatic rings. The molecule has 7 heteroatoms. The SMILES string of the molecule is C=C1C2=C(c3ccccc31)C(SCCC(=O)ON1C(=O)CCC1=O)Sc1ccccc12. The summed E-state index contributed by atoms with van der Waals surface area (Å²) < 4.78 is 0.105. The van der Waals surface area contributed by atoms with E-state index in [4.69, 9.17) is 4.84 Å². The van der Waals surface area contributed by atoms with E-state index in [0.29, 0.717) is 10.8 Å². The van der Waals surface area contributed by atoms with Crippen LogP contribution < -0.4 is 0 Å². The van der Waals surface area contributed by atoms with E-state index in [9.17, 15) is 14.4 Å². The Balaban J connectivity index is 1.34. The number of thioether (sulfide) groups is 2. The summed E-state index contributed by atoms with van der Waals surface area (Å²) in [7, 11) is 0. The van der Waals surface area contributed by atoms with Crippen LogP contribution in [0.4, 0.5) is 0 Å². The largest absolute Gasteiger partial charge is 0.334 e. The molecule has 31 heavy (non-hydrogen) atoms. The molecule has 0 spiro atoms. The molecule has 2 amide bonds. The van der Waals surface area contributed by atoms with Gasteiger partial charge in [0.25, 0.3) is 11.8 Å². The molecule has 2 heterocycles. The van der Waals surface area contributed by atoms with Crippen molar-refractivity contribution in [1.29, 1.82) is 0 Å². The number of hydroxylamine groups is 2. The predicted octanol–water partition coefficient (Wildman–Crippen LogP) is 4.79. The average molecular weight is 450 g/mol. The first kappa shape index (κ1) is 20.2. The van der Waals surface area contributed by atoms with Crippen LogP contribution in [0.15, 0.2) is 60.0 Å². The van der Waals surface area contributed by atoms with E-state index >= 15 is 0 Å². The summed E-state index contributed by atoms with van der Waals surface area (Å²) in [4.78, 5) is 41.7. The van der Waals surface area contributed by atoms with Crippen molar-refractivity contribution in [2.45, 2.75) is 28.7 Å². The summed E-state index contributed by atoms with van der Waals surface area (Å²) in [6.45, 7) is 4.37. The number of allylic oxidation sites excluding steroid dienone is 2. The Morgan fingerprint density at radius 1 is 1.03 bits per heavy atom. The normalized spacial score (nSPS) is 19.4. The highest BCUT2D eigenvalue weighted by Crippen LogP contribution is 2.57. The van der Waals surface area contributed by atoms with Gasteiger partial charge in [0, 0.05) is 23.5 Å². The fourth-order valence-corrected chi connectivity index (χ4v) is 6.92. The lowest BCUT2D eigenvalue weighted by Gasteiger charge is -2.27. The lowest BCUT2D eigenvalue weighted by molar-refractivity contribution is -0.197. The molecular weight excluding hydrogens is 430 g/mol. The van der Waals surface area contributed by atoms with Crippen molar-refractivity contribution in [3.8, 4) is 0 Å². The van der Waals surface area contributed by atoms with E-state index in [1.807, 2.05) is 24.3 Å². The Labute approximate surface area is 188 Å². The van der Waals surface area contributed by atoms with E-state index in [2.05, 4.69) is 30.8 Å². The summed E-state index contributed by atoms with van der Waals surface area (Å²) in [6.07, 6.45) is 0.310. The zero-order valence-electron chi connectivity index (χ0n) is 16.6. The number of hydrogen-bond donors (Lipinski definition) is 0. The van der Waals surface area contributed by atoms with Gasteiger partial charge in [-0.25, -0.2) is 4.79 Å². The van der Waals surface area contributed by atoms with Crippen LogP contribution in [0.1, 0.15) is 36.0 Å². The number of carbonyl (C=O) groups is 3. The van der Waals surface area contributed by atoms with E-state index < -0.39 is 17.8 Å². The van der Waals surface area contributed by atoms with Gasteiger partial charge in [-0.2, -0.15) is 0 Å². The monoisotopic (exact) mass is 449 g/mol. The Bertz CT molecular complexity index is 1150. The molecule has 5 nitrogen and oxygen atoms in total. The molecular formula is C24H19NO4S2. The standard InChI is InChI=1S/C24H19NO4S2/c1-14-15-6-2-3-7-16(15)23-22(14)17-8-4-5-9-18(17)31-24(23)30-13-12-21(28)29-25-19(26)10-11-20(25)27/h2-9,24H,1,10-13H2. The topological polar surface area (TPSA) is 63.7 Å². The maximum absolute atomic E-state index is 12.2. The summed E-state index contributed by atoms with van der Waals surface area (Å²) in [5.74, 6) is -0.967. The van der Waals surface area contributed by atoms with Gasteiger partial charge in [-0.05, 0) is 39.5 Å². The fraction of sp³-hybridized carbons (Fsp3) is 0.208. The molecule has 1 saturated heterocycles. The first-order valence-corrected chi connectivity index (χ1v) is 11.9. The fourth-order valence-electron chi connectivity index (χ4n) is 4.09.